The fourth-order valence-corrected chi connectivity index (χ4v) is 5.89. The number of nitrogens with zero attached hydrogens (tertiary/aromatic N) is 4. The number of morpholine rings is 1. The second kappa shape index (κ2) is 12.4. The SMILES string of the molecule is C=C(NC(=O)c1c(C)c(C(C)(C)C)nn1CC)N(Cc1cccc(N2CCOCC2)c1)CC1CCCCC1. The van der Waals surface area contributed by atoms with Crippen LogP contribution in [0.5, 0.6) is 0 Å². The lowest BCUT2D eigenvalue weighted by Gasteiger charge is -2.33. The summed E-state index contributed by atoms with van der Waals surface area (Å²) in [5.41, 5.74) is 4.87. The van der Waals surface area contributed by atoms with Crippen molar-refractivity contribution in [3.05, 3.63) is 59.2 Å². The Morgan fingerprint density at radius 3 is 2.55 bits per heavy atom. The molecule has 2 fully saturated rings. The van der Waals surface area contributed by atoms with Gasteiger partial charge >= 0.3 is 0 Å². The Morgan fingerprint density at radius 1 is 1.18 bits per heavy atom. The number of carbonyl (C=O) groups is 1. The third kappa shape index (κ3) is 6.79. The lowest BCUT2D eigenvalue weighted by atomic mass is 9.89. The fourth-order valence-electron chi connectivity index (χ4n) is 5.89. The van der Waals surface area contributed by atoms with E-state index in [0.29, 0.717) is 30.5 Å². The number of hydrogen-bond donors (Lipinski definition) is 1. The molecule has 2 heterocycles. The zero-order chi connectivity index (χ0) is 27.3. The molecule has 1 saturated heterocycles. The molecule has 7 nitrogen and oxygen atoms in total. The van der Waals surface area contributed by atoms with Gasteiger partial charge in [-0.05, 0) is 50.3 Å². The minimum absolute atomic E-state index is 0.130. The number of nitrogens with one attached hydrogen (secondary N) is 1. The van der Waals surface area contributed by atoms with Gasteiger partial charge in [0.05, 0.1) is 18.9 Å². The van der Waals surface area contributed by atoms with Crippen LogP contribution in [-0.4, -0.2) is 53.4 Å². The van der Waals surface area contributed by atoms with Crippen LogP contribution in [0.3, 0.4) is 0 Å². The van der Waals surface area contributed by atoms with Gasteiger partial charge in [0.15, 0.2) is 0 Å². The van der Waals surface area contributed by atoms with Gasteiger partial charge in [0.2, 0.25) is 0 Å². The molecule has 1 N–H and O–H groups in total. The van der Waals surface area contributed by atoms with Crippen molar-refractivity contribution in [3.8, 4) is 0 Å². The number of hydrogen-bond acceptors (Lipinski definition) is 5. The maximum atomic E-state index is 13.6. The molecule has 1 amide bonds. The average molecular weight is 522 g/mol. The van der Waals surface area contributed by atoms with E-state index in [4.69, 9.17) is 9.84 Å². The molecule has 1 aromatic carbocycles. The smallest absolute Gasteiger partial charge is 0.275 e. The number of carbonyl (C=O) groups excluding carboxylic acids is 1. The Morgan fingerprint density at radius 2 is 1.89 bits per heavy atom. The van der Waals surface area contributed by atoms with Crippen LogP contribution < -0.4 is 10.2 Å². The van der Waals surface area contributed by atoms with E-state index >= 15 is 0 Å². The van der Waals surface area contributed by atoms with Gasteiger partial charge in [-0.3, -0.25) is 9.48 Å². The second-order valence-corrected chi connectivity index (χ2v) is 11.9. The summed E-state index contributed by atoms with van der Waals surface area (Å²) < 4.78 is 7.37. The first kappa shape index (κ1) is 28.2. The molecule has 2 aliphatic rings. The van der Waals surface area contributed by atoms with Gasteiger partial charge in [-0.1, -0.05) is 58.7 Å². The zero-order valence-corrected chi connectivity index (χ0v) is 24.2. The third-order valence-electron chi connectivity index (χ3n) is 7.92. The van der Waals surface area contributed by atoms with Gasteiger partial charge in [-0.2, -0.15) is 5.10 Å². The Balaban J connectivity index is 1.54. The highest BCUT2D eigenvalue weighted by atomic mass is 16.5. The van der Waals surface area contributed by atoms with Crippen LogP contribution in [0, 0.1) is 12.8 Å². The van der Waals surface area contributed by atoms with Gasteiger partial charge < -0.3 is 19.9 Å². The molecule has 0 unspecified atom stereocenters. The van der Waals surface area contributed by atoms with E-state index < -0.39 is 0 Å². The second-order valence-electron chi connectivity index (χ2n) is 11.9. The van der Waals surface area contributed by atoms with Gasteiger partial charge in [-0.25, -0.2) is 0 Å². The third-order valence-corrected chi connectivity index (χ3v) is 7.92. The van der Waals surface area contributed by atoms with Crippen molar-refractivity contribution < 1.29 is 9.53 Å². The van der Waals surface area contributed by atoms with E-state index in [1.54, 1.807) is 0 Å². The summed E-state index contributed by atoms with van der Waals surface area (Å²) in [6.45, 7) is 20.5. The number of aromatic nitrogens is 2. The lowest BCUT2D eigenvalue weighted by Crippen LogP contribution is -2.38. The molecular weight excluding hydrogens is 474 g/mol. The molecule has 1 aliphatic heterocycles. The fraction of sp³-hybridized carbons (Fsp3) is 0.613. The van der Waals surface area contributed by atoms with Crippen LogP contribution >= 0.6 is 0 Å². The summed E-state index contributed by atoms with van der Waals surface area (Å²) in [6, 6.07) is 8.77. The first-order valence-corrected chi connectivity index (χ1v) is 14.4. The van der Waals surface area contributed by atoms with Crippen LogP contribution in [0.1, 0.15) is 87.1 Å². The van der Waals surface area contributed by atoms with Crippen LogP contribution in [-0.2, 0) is 23.2 Å². The largest absolute Gasteiger partial charge is 0.378 e. The Hall–Kier alpha value is -2.80. The normalized spacial score (nSPS) is 16.9. The molecule has 4 rings (SSSR count). The van der Waals surface area contributed by atoms with Crippen molar-refractivity contribution in [2.24, 2.45) is 5.92 Å². The Bertz CT molecular complexity index is 1100. The topological polar surface area (TPSA) is 62.6 Å². The number of benzene rings is 1. The van der Waals surface area contributed by atoms with E-state index in [1.807, 2.05) is 18.5 Å². The van der Waals surface area contributed by atoms with Gasteiger partial charge in [0.1, 0.15) is 11.5 Å². The van der Waals surface area contributed by atoms with Crippen molar-refractivity contribution in [1.82, 2.24) is 20.0 Å². The van der Waals surface area contributed by atoms with Crippen molar-refractivity contribution in [2.45, 2.75) is 85.2 Å². The summed E-state index contributed by atoms with van der Waals surface area (Å²) >= 11 is 0. The zero-order valence-electron chi connectivity index (χ0n) is 24.2. The number of anilines is 1. The summed E-state index contributed by atoms with van der Waals surface area (Å²) in [5.74, 6) is 1.15. The maximum Gasteiger partial charge on any atom is 0.275 e. The van der Waals surface area contributed by atoms with E-state index in [0.717, 1.165) is 44.1 Å². The molecule has 0 radical (unpaired) electrons. The lowest BCUT2D eigenvalue weighted by molar-refractivity contribution is 0.0934. The van der Waals surface area contributed by atoms with E-state index in [2.05, 4.69) is 66.7 Å². The molecule has 0 spiro atoms. The van der Waals surface area contributed by atoms with Crippen LogP contribution in [0.25, 0.3) is 0 Å². The van der Waals surface area contributed by atoms with Crippen molar-refractivity contribution in [2.75, 3.05) is 37.7 Å². The molecule has 38 heavy (non-hydrogen) atoms. The molecule has 0 bridgehead atoms. The highest BCUT2D eigenvalue weighted by molar-refractivity contribution is 5.95. The van der Waals surface area contributed by atoms with Gasteiger partial charge in [-0.15, -0.1) is 0 Å². The van der Waals surface area contributed by atoms with Gasteiger partial charge in [0.25, 0.3) is 5.91 Å². The molecule has 1 aromatic heterocycles. The minimum atomic E-state index is -0.131. The van der Waals surface area contributed by atoms with Crippen molar-refractivity contribution in [1.29, 1.82) is 0 Å². The molecule has 2 aromatic rings. The molecule has 208 valence electrons. The molecule has 1 saturated carbocycles. The van der Waals surface area contributed by atoms with E-state index in [1.165, 1.54) is 43.4 Å². The predicted octanol–water partition coefficient (Wildman–Crippen LogP) is 5.63. The van der Waals surface area contributed by atoms with Crippen LogP contribution in [0.2, 0.25) is 0 Å². The highest BCUT2D eigenvalue weighted by Gasteiger charge is 2.28. The number of amides is 1. The quantitative estimate of drug-likeness (QED) is 0.463. The Kier molecular flexibility index (Phi) is 9.19. The van der Waals surface area contributed by atoms with Crippen LogP contribution in [0.4, 0.5) is 5.69 Å². The maximum absolute atomic E-state index is 13.6. The number of ether oxygens (including phenoxy) is 1. The van der Waals surface area contributed by atoms with Crippen molar-refractivity contribution in [3.63, 3.8) is 0 Å². The number of rotatable bonds is 9. The van der Waals surface area contributed by atoms with Crippen LogP contribution in [0.15, 0.2) is 36.7 Å². The molecule has 7 heteroatoms. The van der Waals surface area contributed by atoms with Crippen molar-refractivity contribution >= 4 is 11.6 Å². The highest BCUT2D eigenvalue weighted by Crippen LogP contribution is 2.28. The Labute approximate surface area is 229 Å². The minimum Gasteiger partial charge on any atom is -0.378 e. The average Bonchev–Trinajstić information content (AvgIpc) is 3.26. The monoisotopic (exact) mass is 521 g/mol. The first-order chi connectivity index (χ1) is 18.2. The first-order valence-electron chi connectivity index (χ1n) is 14.4. The molecule has 1 aliphatic carbocycles. The summed E-state index contributed by atoms with van der Waals surface area (Å²) in [5, 5.41) is 7.96. The van der Waals surface area contributed by atoms with E-state index in [-0.39, 0.29) is 11.3 Å². The molecular formula is C31H47N5O2. The predicted molar refractivity (Wildman–Crippen MR) is 154 cm³/mol. The molecule has 0 atom stereocenters. The summed E-state index contributed by atoms with van der Waals surface area (Å²) in [6.07, 6.45) is 6.37. The number of aryl methyl sites for hydroxylation is 1. The standard InChI is InChI=1S/C31H47N5O2/c1-7-36-28(23(2)29(33-36)31(4,5)6)30(37)32-24(3)35(21-25-12-9-8-10-13-25)22-26-14-11-15-27(20-26)34-16-18-38-19-17-34/h11,14-15,20,25H,3,7-10,12-13,16-19,21-22H2,1-2,4-6H3,(H,32,37). The summed E-state index contributed by atoms with van der Waals surface area (Å²) in [7, 11) is 0. The van der Waals surface area contributed by atoms with E-state index in [9.17, 15) is 4.79 Å². The summed E-state index contributed by atoms with van der Waals surface area (Å²) in [4.78, 5) is 18.3. The van der Waals surface area contributed by atoms with Gasteiger partial charge in [0, 0.05) is 49.4 Å².